The molecule has 5 N–H and O–H groups in total. The van der Waals surface area contributed by atoms with Gasteiger partial charge >= 0.3 is 5.97 Å². The van der Waals surface area contributed by atoms with Crippen LogP contribution in [0.1, 0.15) is 109 Å². The van der Waals surface area contributed by atoms with E-state index in [1.54, 1.807) is 19.2 Å². The van der Waals surface area contributed by atoms with Crippen molar-refractivity contribution in [2.24, 2.45) is 28.1 Å². The summed E-state index contributed by atoms with van der Waals surface area (Å²) in [5, 5.41) is 13.9. The molecular weight excluding hydrogens is 996 g/mol. The molecule has 8 heterocycles. The third kappa shape index (κ3) is 12.4. The molecule has 0 radical (unpaired) electrons. The van der Waals surface area contributed by atoms with E-state index >= 15 is 0 Å². The maximum Gasteiger partial charge on any atom is 0.307 e. The lowest BCUT2D eigenvalue weighted by Crippen LogP contribution is -2.16. The first-order valence-corrected chi connectivity index (χ1v) is 24.8. The van der Waals surface area contributed by atoms with Crippen LogP contribution in [0.15, 0.2) is 67.1 Å². The fourth-order valence-corrected chi connectivity index (χ4v) is 9.89. The van der Waals surface area contributed by atoms with Crippen LogP contribution >= 0.6 is 11.6 Å². The number of carbonyl (C=O) groups is 4. The minimum Gasteiger partial charge on any atom is -0.491 e. The molecule has 0 aromatic carbocycles. The number of anilines is 3. The number of nitrogen functional groups attached to an aromatic ring is 1. The van der Waals surface area contributed by atoms with Gasteiger partial charge in [0.1, 0.15) is 57.1 Å². The number of alkyl halides is 5. The number of amides is 2. The van der Waals surface area contributed by atoms with Crippen LogP contribution in [0.2, 0.25) is 0 Å². The number of ketones is 1. The van der Waals surface area contributed by atoms with Gasteiger partial charge in [-0.05, 0) is 76.6 Å². The summed E-state index contributed by atoms with van der Waals surface area (Å²) in [6, 6.07) is 11.0. The van der Waals surface area contributed by atoms with Crippen molar-refractivity contribution in [2.75, 3.05) is 75.1 Å². The van der Waals surface area contributed by atoms with Crippen molar-refractivity contribution in [1.82, 2.24) is 24.3 Å². The number of ether oxygens (including phenoxy) is 5. The zero-order chi connectivity index (χ0) is 52.8. The number of pyridine rings is 4. The molecule has 11 rings (SSSR count). The number of carboxylic acid groups (broad SMARTS) is 1. The van der Waals surface area contributed by atoms with E-state index in [0.717, 1.165) is 89.0 Å². The normalized spacial score (nSPS) is 24.6. The van der Waals surface area contributed by atoms with Crippen LogP contribution in [0.5, 0.6) is 11.5 Å². The van der Waals surface area contributed by atoms with Crippen LogP contribution in [0.3, 0.4) is 0 Å². The number of rotatable bonds is 14. The maximum absolute atomic E-state index is 12.9. The van der Waals surface area contributed by atoms with Gasteiger partial charge in [0.15, 0.2) is 5.78 Å². The summed E-state index contributed by atoms with van der Waals surface area (Å²) < 4.78 is 79.9. The summed E-state index contributed by atoms with van der Waals surface area (Å²) in [4.78, 5) is 62.4. The van der Waals surface area contributed by atoms with Gasteiger partial charge in [0.2, 0.25) is 0 Å². The smallest absolute Gasteiger partial charge is 0.307 e. The van der Waals surface area contributed by atoms with Crippen LogP contribution < -0.4 is 25.8 Å². The van der Waals surface area contributed by atoms with Crippen molar-refractivity contribution in [3.63, 3.8) is 0 Å². The molecule has 23 heteroatoms. The summed E-state index contributed by atoms with van der Waals surface area (Å²) in [5.41, 5.74) is 7.36. The molecule has 3 spiro atoms. The number of carbonyl (C=O) groups excluding carboxylic acids is 3. The molecule has 18 nitrogen and oxygen atoms in total. The van der Waals surface area contributed by atoms with E-state index in [9.17, 15) is 36.7 Å². The highest BCUT2D eigenvalue weighted by Gasteiger charge is 2.61. The van der Waals surface area contributed by atoms with Gasteiger partial charge < -0.3 is 49.6 Å². The molecular formula is C51H57ClF4N8O10. The Morgan fingerprint density at radius 3 is 1.78 bits per heavy atom. The van der Waals surface area contributed by atoms with Gasteiger partial charge in [0, 0.05) is 72.4 Å². The highest BCUT2D eigenvalue weighted by molar-refractivity contribution is 6.28. The van der Waals surface area contributed by atoms with Crippen molar-refractivity contribution in [3.8, 4) is 11.5 Å². The monoisotopic (exact) mass is 1050 g/mol. The lowest BCUT2D eigenvalue weighted by Gasteiger charge is -2.12. The van der Waals surface area contributed by atoms with Crippen molar-refractivity contribution in [3.05, 3.63) is 95.6 Å². The molecule has 6 atom stereocenters. The average Bonchev–Trinajstić information content (AvgIpc) is 4.16. The number of halogens is 5. The van der Waals surface area contributed by atoms with Gasteiger partial charge in [-0.1, -0.05) is 12.1 Å². The van der Waals surface area contributed by atoms with E-state index in [2.05, 4.69) is 25.6 Å². The average molecular weight is 1050 g/mol. The van der Waals surface area contributed by atoms with Gasteiger partial charge in [0.05, 0.1) is 56.7 Å². The van der Waals surface area contributed by atoms with Crippen LogP contribution in [0, 0.1) is 28.1 Å². The molecule has 6 unspecified atom stereocenters. The second-order valence-corrected chi connectivity index (χ2v) is 19.3. The third-order valence-corrected chi connectivity index (χ3v) is 14.4. The molecule has 3 aliphatic heterocycles. The zero-order valence-corrected chi connectivity index (χ0v) is 41.4. The Morgan fingerprint density at radius 1 is 0.757 bits per heavy atom. The summed E-state index contributed by atoms with van der Waals surface area (Å²) in [7, 11) is 0. The molecule has 5 aromatic heterocycles. The van der Waals surface area contributed by atoms with Crippen LogP contribution in [0.25, 0.3) is 5.65 Å². The lowest BCUT2D eigenvalue weighted by molar-refractivity contribution is -0.139. The SMILES string of the molecule is CCOc1cc(N)ncc1NC(=O)c1cccc(C(F)F)n1.CCOc1cc2nc(C3CC34CCOC4)cn2cc1NC(=O)c1cccc(C(F)F)n1.O=C(CCl)C1CC12CCOC2.O=C(O)C1CC12CCOC2. The Hall–Kier alpha value is -6.49. The van der Waals surface area contributed by atoms with E-state index in [-0.39, 0.29) is 62.6 Å². The van der Waals surface area contributed by atoms with Crippen molar-refractivity contribution >= 4 is 58.0 Å². The fourth-order valence-electron chi connectivity index (χ4n) is 9.70. The predicted octanol–water partition coefficient (Wildman–Crippen LogP) is 8.58. The van der Waals surface area contributed by atoms with Crippen molar-refractivity contribution < 1.29 is 65.5 Å². The molecule has 74 heavy (non-hydrogen) atoms. The van der Waals surface area contributed by atoms with Crippen molar-refractivity contribution in [1.29, 1.82) is 0 Å². The van der Waals surface area contributed by atoms with E-state index in [1.165, 1.54) is 42.6 Å². The molecule has 5 aromatic rings. The van der Waals surface area contributed by atoms with E-state index in [0.29, 0.717) is 42.9 Å². The third-order valence-electron chi connectivity index (χ3n) is 14.2. The number of hydrogen-bond acceptors (Lipinski definition) is 14. The molecule has 3 saturated heterocycles. The minimum absolute atomic E-state index is 0.0613. The molecule has 3 saturated carbocycles. The second-order valence-electron chi connectivity index (χ2n) is 19.1. The van der Waals surface area contributed by atoms with E-state index in [1.807, 2.05) is 17.5 Å². The molecule has 6 fully saturated rings. The maximum atomic E-state index is 12.9. The Labute approximate surface area is 428 Å². The summed E-state index contributed by atoms with van der Waals surface area (Å²) in [6.07, 6.45) is 5.51. The Bertz CT molecular complexity index is 2840. The van der Waals surface area contributed by atoms with E-state index in [4.69, 9.17) is 51.1 Å². The number of hydrogen-bond donors (Lipinski definition) is 4. The second kappa shape index (κ2) is 23.0. The van der Waals surface area contributed by atoms with Crippen LogP contribution in [-0.4, -0.2) is 112 Å². The number of carboxylic acids is 1. The number of nitrogens with zero attached hydrogens (tertiary/aromatic N) is 5. The predicted molar refractivity (Wildman–Crippen MR) is 261 cm³/mol. The molecule has 3 aliphatic carbocycles. The highest BCUT2D eigenvalue weighted by atomic mass is 35.5. The first-order valence-electron chi connectivity index (χ1n) is 24.2. The minimum atomic E-state index is -2.75. The van der Waals surface area contributed by atoms with E-state index < -0.39 is 42.0 Å². The van der Waals surface area contributed by atoms with Gasteiger partial charge in [-0.25, -0.2) is 37.5 Å². The van der Waals surface area contributed by atoms with Crippen LogP contribution in [-0.2, 0) is 23.8 Å². The van der Waals surface area contributed by atoms with Gasteiger partial charge in [0.25, 0.3) is 24.7 Å². The number of aliphatic carboxylic acids is 1. The zero-order valence-electron chi connectivity index (χ0n) is 40.7. The number of nitrogens with one attached hydrogen (secondary N) is 2. The number of nitrogens with two attached hydrogens (primary N) is 1. The highest BCUT2D eigenvalue weighted by Crippen LogP contribution is 2.63. The standard InChI is InChI=1S/C22H22F2N4O3.C14H14F2N4O2.C8H11ClO2.C7H10O3/c1-2-31-18-8-19-26-16(13-9-22(13)6-7-30-12-22)10-28(19)11-17(18)27-21(29)15-5-3-4-14(25-15)20(23)24;1-2-22-11-6-12(17)18-7-10(11)20-14(21)9-5-3-4-8(19-9)13(15)16;9-4-7(10)6-3-8(6)1-2-11-5-8;8-6(9)5-3-7(5)1-2-10-4-7/h3-5,8,10-11,13,20H,2,6-7,9,12H2,1H3,(H,27,29);3-7,13H,2H2,1H3,(H2,17,18)(H,20,21);6H,1-5H2;5H,1-4H2,(H,8,9). The fraction of sp³-hybridized carbons (Fsp3) is 0.490. The summed E-state index contributed by atoms with van der Waals surface area (Å²) in [5.74, 6) is 0.0343. The molecule has 0 bridgehead atoms. The lowest BCUT2D eigenvalue weighted by atomic mass is 10.0. The molecule has 2 amide bonds. The van der Waals surface area contributed by atoms with Crippen LogP contribution in [0.4, 0.5) is 34.8 Å². The Balaban J connectivity index is 0.000000146. The number of fused-ring (bicyclic) bond motifs is 1. The molecule has 396 valence electrons. The Morgan fingerprint density at radius 2 is 1.28 bits per heavy atom. The largest absolute Gasteiger partial charge is 0.491 e. The van der Waals surface area contributed by atoms with Gasteiger partial charge in [-0.2, -0.15) is 0 Å². The quantitative estimate of drug-likeness (QED) is 0.0601. The van der Waals surface area contributed by atoms with Crippen molar-refractivity contribution in [2.45, 2.75) is 71.1 Å². The number of aromatic nitrogens is 5. The molecule has 6 aliphatic rings. The topological polar surface area (TPSA) is 241 Å². The first-order chi connectivity index (χ1) is 35.5. The number of Topliss-reactive ketones (excluding diaryl/α,β-unsaturated/α-hetero) is 1. The Kier molecular flexibility index (Phi) is 16.7. The van der Waals surface area contributed by atoms with Gasteiger partial charge in [-0.3, -0.25) is 19.2 Å². The van der Waals surface area contributed by atoms with Gasteiger partial charge in [-0.15, -0.1) is 11.6 Å². The summed E-state index contributed by atoms with van der Waals surface area (Å²) >= 11 is 5.46. The number of imidazole rings is 1. The summed E-state index contributed by atoms with van der Waals surface area (Å²) in [6.45, 7) is 8.99. The first kappa shape index (κ1) is 53.8.